The zero-order valence-electron chi connectivity index (χ0n) is 9.00. The lowest BCUT2D eigenvalue weighted by Gasteiger charge is -2.15. The van der Waals surface area contributed by atoms with E-state index in [9.17, 15) is 14.0 Å². The lowest BCUT2D eigenvalue weighted by molar-refractivity contribution is -0.114. The van der Waals surface area contributed by atoms with Crippen LogP contribution in [-0.4, -0.2) is 32.0 Å². The third kappa shape index (κ3) is 1.92. The molecule has 17 heavy (non-hydrogen) atoms. The summed E-state index contributed by atoms with van der Waals surface area (Å²) in [4.78, 5) is 24.5. The van der Waals surface area contributed by atoms with Gasteiger partial charge in [-0.15, -0.1) is 0 Å². The van der Waals surface area contributed by atoms with Crippen LogP contribution in [-0.2, 0) is 9.53 Å². The quantitative estimate of drug-likeness (QED) is 0.774. The van der Waals surface area contributed by atoms with Gasteiger partial charge in [0.15, 0.2) is 0 Å². The summed E-state index contributed by atoms with van der Waals surface area (Å²) in [6.07, 6.45) is 0. The van der Waals surface area contributed by atoms with Crippen LogP contribution in [0, 0.1) is 5.82 Å². The Hall–Kier alpha value is -1.46. The number of ketones is 1. The second-order valence-electron chi connectivity index (χ2n) is 3.56. The van der Waals surface area contributed by atoms with Crippen LogP contribution in [0.4, 0.5) is 10.1 Å². The summed E-state index contributed by atoms with van der Waals surface area (Å²) >= 11 is 5.58. The van der Waals surface area contributed by atoms with E-state index in [1.807, 2.05) is 0 Å². The van der Waals surface area contributed by atoms with Crippen molar-refractivity contribution >= 4 is 29.0 Å². The van der Waals surface area contributed by atoms with E-state index in [1.54, 1.807) is 0 Å². The SMILES string of the molecule is COCCN1C(=O)C(=O)c2cc(Cl)c(F)cc21. The molecule has 2 rings (SSSR count). The number of rotatable bonds is 3. The molecule has 1 aromatic rings. The molecular formula is C11H9ClFNO3. The Bertz CT molecular complexity index is 504. The van der Waals surface area contributed by atoms with Crippen molar-refractivity contribution < 1.29 is 18.7 Å². The number of fused-ring (bicyclic) bond motifs is 1. The normalized spacial score (nSPS) is 14.4. The first-order valence-electron chi connectivity index (χ1n) is 4.90. The van der Waals surface area contributed by atoms with Crippen molar-refractivity contribution in [1.82, 2.24) is 0 Å². The Morgan fingerprint density at radius 1 is 1.41 bits per heavy atom. The van der Waals surface area contributed by atoms with E-state index in [0.717, 1.165) is 6.07 Å². The molecule has 1 amide bonds. The van der Waals surface area contributed by atoms with E-state index in [2.05, 4.69) is 0 Å². The largest absolute Gasteiger partial charge is 0.383 e. The van der Waals surface area contributed by atoms with Gasteiger partial charge in [-0.1, -0.05) is 11.6 Å². The van der Waals surface area contributed by atoms with Gasteiger partial charge in [-0.05, 0) is 12.1 Å². The third-order valence-electron chi connectivity index (χ3n) is 2.53. The molecule has 1 aliphatic heterocycles. The molecule has 1 aromatic carbocycles. The molecule has 0 saturated heterocycles. The van der Waals surface area contributed by atoms with Crippen molar-refractivity contribution in [1.29, 1.82) is 0 Å². The van der Waals surface area contributed by atoms with Crippen molar-refractivity contribution in [2.45, 2.75) is 0 Å². The number of benzene rings is 1. The van der Waals surface area contributed by atoms with Crippen LogP contribution >= 0.6 is 11.6 Å². The molecule has 4 nitrogen and oxygen atoms in total. The van der Waals surface area contributed by atoms with Crippen LogP contribution in [0.15, 0.2) is 12.1 Å². The molecule has 6 heteroatoms. The van der Waals surface area contributed by atoms with Crippen LogP contribution < -0.4 is 4.90 Å². The van der Waals surface area contributed by atoms with Gasteiger partial charge < -0.3 is 9.64 Å². The number of ether oxygens (including phenoxy) is 1. The fraction of sp³-hybridized carbons (Fsp3) is 0.273. The minimum Gasteiger partial charge on any atom is -0.383 e. The van der Waals surface area contributed by atoms with E-state index in [1.165, 1.54) is 18.1 Å². The number of anilines is 1. The summed E-state index contributed by atoms with van der Waals surface area (Å²) in [5, 5.41) is -0.168. The van der Waals surface area contributed by atoms with E-state index >= 15 is 0 Å². The highest BCUT2D eigenvalue weighted by Crippen LogP contribution is 2.32. The number of methoxy groups -OCH3 is 1. The number of carbonyl (C=O) groups excluding carboxylic acids is 2. The Labute approximate surface area is 102 Å². The van der Waals surface area contributed by atoms with Crippen LogP contribution in [0.1, 0.15) is 10.4 Å². The summed E-state index contributed by atoms with van der Waals surface area (Å²) in [7, 11) is 1.48. The summed E-state index contributed by atoms with van der Waals surface area (Å²) in [6.45, 7) is 0.470. The van der Waals surface area contributed by atoms with Gasteiger partial charge in [0.05, 0.1) is 22.9 Å². The Morgan fingerprint density at radius 3 is 2.76 bits per heavy atom. The second kappa shape index (κ2) is 4.43. The van der Waals surface area contributed by atoms with Gasteiger partial charge >= 0.3 is 0 Å². The first-order valence-corrected chi connectivity index (χ1v) is 5.28. The second-order valence-corrected chi connectivity index (χ2v) is 3.97. The summed E-state index contributed by atoms with van der Waals surface area (Å²) < 4.78 is 18.1. The highest BCUT2D eigenvalue weighted by molar-refractivity contribution is 6.52. The predicted octanol–water partition coefficient (Wildman–Crippen LogP) is 1.65. The van der Waals surface area contributed by atoms with Gasteiger partial charge in [0.1, 0.15) is 5.82 Å². The number of nitrogens with zero attached hydrogens (tertiary/aromatic N) is 1. The fourth-order valence-corrected chi connectivity index (χ4v) is 1.86. The van der Waals surface area contributed by atoms with Crippen LogP contribution in [0.2, 0.25) is 5.02 Å². The predicted molar refractivity (Wildman–Crippen MR) is 60.0 cm³/mol. The Balaban J connectivity index is 2.45. The average molecular weight is 258 g/mol. The molecular weight excluding hydrogens is 249 g/mol. The van der Waals surface area contributed by atoms with Crippen LogP contribution in [0.25, 0.3) is 0 Å². The number of hydrogen-bond acceptors (Lipinski definition) is 3. The number of halogens is 2. The molecule has 1 heterocycles. The van der Waals surface area contributed by atoms with Crippen molar-refractivity contribution in [3.63, 3.8) is 0 Å². The molecule has 0 unspecified atom stereocenters. The van der Waals surface area contributed by atoms with Crippen molar-refractivity contribution in [2.75, 3.05) is 25.2 Å². The van der Waals surface area contributed by atoms with E-state index < -0.39 is 17.5 Å². The number of carbonyl (C=O) groups is 2. The summed E-state index contributed by atoms with van der Waals surface area (Å²) in [5.74, 6) is -2.01. The van der Waals surface area contributed by atoms with E-state index in [-0.39, 0.29) is 29.4 Å². The summed E-state index contributed by atoms with van der Waals surface area (Å²) in [6, 6.07) is 2.27. The number of amides is 1. The van der Waals surface area contributed by atoms with Crippen LogP contribution in [0.5, 0.6) is 0 Å². The lowest BCUT2D eigenvalue weighted by atomic mass is 10.1. The molecule has 0 bridgehead atoms. The maximum Gasteiger partial charge on any atom is 0.299 e. The molecule has 0 aromatic heterocycles. The van der Waals surface area contributed by atoms with Gasteiger partial charge in [0.25, 0.3) is 11.7 Å². The average Bonchev–Trinajstić information content (AvgIpc) is 2.52. The molecule has 0 spiro atoms. The van der Waals surface area contributed by atoms with Gasteiger partial charge in [-0.2, -0.15) is 0 Å². The maximum absolute atomic E-state index is 13.3. The molecule has 0 saturated carbocycles. The first kappa shape index (κ1) is 12.0. The fourth-order valence-electron chi connectivity index (χ4n) is 1.69. The molecule has 0 fully saturated rings. The monoisotopic (exact) mass is 257 g/mol. The molecule has 1 aliphatic rings. The number of hydrogen-bond donors (Lipinski definition) is 0. The van der Waals surface area contributed by atoms with E-state index in [4.69, 9.17) is 16.3 Å². The summed E-state index contributed by atoms with van der Waals surface area (Å²) in [5.41, 5.74) is 0.386. The molecule has 90 valence electrons. The van der Waals surface area contributed by atoms with Gasteiger partial charge in [0, 0.05) is 13.7 Å². The number of Topliss-reactive ketones (excluding diaryl/α,β-unsaturated/α-hetero) is 1. The topological polar surface area (TPSA) is 46.6 Å². The molecule has 0 atom stereocenters. The van der Waals surface area contributed by atoms with Crippen molar-refractivity contribution in [3.8, 4) is 0 Å². The van der Waals surface area contributed by atoms with Crippen molar-refractivity contribution in [2.24, 2.45) is 0 Å². The minimum absolute atomic E-state index is 0.137. The lowest BCUT2D eigenvalue weighted by Crippen LogP contribution is -2.32. The highest BCUT2D eigenvalue weighted by Gasteiger charge is 2.36. The van der Waals surface area contributed by atoms with Gasteiger partial charge in [-0.3, -0.25) is 9.59 Å². The molecule has 0 radical (unpaired) electrons. The molecule has 0 aliphatic carbocycles. The minimum atomic E-state index is -0.682. The molecule has 0 N–H and O–H groups in total. The zero-order valence-corrected chi connectivity index (χ0v) is 9.75. The first-order chi connectivity index (χ1) is 8.06. The van der Waals surface area contributed by atoms with Gasteiger partial charge in [-0.25, -0.2) is 4.39 Å². The maximum atomic E-state index is 13.3. The van der Waals surface area contributed by atoms with E-state index in [0.29, 0.717) is 0 Å². The van der Waals surface area contributed by atoms with Crippen molar-refractivity contribution in [3.05, 3.63) is 28.5 Å². The smallest absolute Gasteiger partial charge is 0.299 e. The van der Waals surface area contributed by atoms with Crippen LogP contribution in [0.3, 0.4) is 0 Å². The Morgan fingerprint density at radius 2 is 2.12 bits per heavy atom. The standard InChI is InChI=1S/C11H9ClFNO3/c1-17-3-2-14-9-5-8(13)7(12)4-6(9)10(15)11(14)16/h4-5H,2-3H2,1H3. The Kier molecular flexibility index (Phi) is 3.13. The van der Waals surface area contributed by atoms with Gasteiger partial charge in [0.2, 0.25) is 0 Å². The zero-order chi connectivity index (χ0) is 12.6. The third-order valence-corrected chi connectivity index (χ3v) is 2.82. The highest BCUT2D eigenvalue weighted by atomic mass is 35.5.